The van der Waals surface area contributed by atoms with Gasteiger partial charge in [0.15, 0.2) is 0 Å². The van der Waals surface area contributed by atoms with Crippen molar-refractivity contribution in [2.24, 2.45) is 11.8 Å². The van der Waals surface area contributed by atoms with Gasteiger partial charge in [0.05, 0.1) is 0 Å². The van der Waals surface area contributed by atoms with E-state index in [1.54, 1.807) is 0 Å². The summed E-state index contributed by atoms with van der Waals surface area (Å²) in [4.78, 5) is 13.8. The molecule has 2 atom stereocenters. The Morgan fingerprint density at radius 1 is 1.53 bits per heavy atom. The summed E-state index contributed by atoms with van der Waals surface area (Å²) in [5.74, 6) is 1.65. The molecule has 1 saturated heterocycles. The summed E-state index contributed by atoms with van der Waals surface area (Å²) in [7, 11) is 1.93. The van der Waals surface area contributed by atoms with Gasteiger partial charge in [-0.05, 0) is 37.8 Å². The van der Waals surface area contributed by atoms with Crippen LogP contribution in [0.4, 0.5) is 0 Å². The van der Waals surface area contributed by atoms with Crippen molar-refractivity contribution in [2.75, 3.05) is 26.7 Å². The lowest BCUT2D eigenvalue weighted by molar-refractivity contribution is -0.130. The molecule has 0 aromatic rings. The third kappa shape index (κ3) is 6.27. The molecule has 1 N–H and O–H groups in total. The molecule has 1 aliphatic heterocycles. The monoisotopic (exact) mass is 262 g/mol. The Morgan fingerprint density at radius 2 is 2.24 bits per heavy atom. The van der Waals surface area contributed by atoms with E-state index in [4.69, 9.17) is 0 Å². The normalized spacial score (nSPS) is 20.8. The van der Waals surface area contributed by atoms with Crippen LogP contribution in [0.1, 0.15) is 39.5 Å². The summed E-state index contributed by atoms with van der Waals surface area (Å²) in [6.07, 6.45) is 4.16. The Bertz CT molecular complexity index is 217. The molecule has 1 amide bonds. The number of nitrogens with one attached hydrogen (secondary N) is 1. The number of hydrogen-bond donors (Lipinski definition) is 1. The van der Waals surface area contributed by atoms with E-state index in [0.29, 0.717) is 11.8 Å². The average molecular weight is 263 g/mol. The molecule has 0 spiro atoms. The van der Waals surface area contributed by atoms with Crippen molar-refractivity contribution in [3.63, 3.8) is 0 Å². The zero-order valence-corrected chi connectivity index (χ0v) is 12.2. The van der Waals surface area contributed by atoms with Crippen molar-refractivity contribution in [3.05, 3.63) is 0 Å². The molecule has 102 valence electrons. The second-order valence-corrected chi connectivity index (χ2v) is 5.19. The molecule has 0 saturated carbocycles. The number of halogens is 1. The molecule has 3 nitrogen and oxygen atoms in total. The summed E-state index contributed by atoms with van der Waals surface area (Å²) in [6.45, 7) is 7.50. The van der Waals surface area contributed by atoms with Gasteiger partial charge >= 0.3 is 0 Å². The first-order valence-corrected chi connectivity index (χ1v) is 6.58. The van der Waals surface area contributed by atoms with Crippen LogP contribution in [0.3, 0.4) is 0 Å². The van der Waals surface area contributed by atoms with Gasteiger partial charge in [0.2, 0.25) is 5.91 Å². The van der Waals surface area contributed by atoms with Gasteiger partial charge in [-0.1, -0.05) is 20.3 Å². The van der Waals surface area contributed by atoms with Crippen LogP contribution < -0.4 is 5.32 Å². The Labute approximate surface area is 112 Å². The van der Waals surface area contributed by atoms with E-state index in [1.165, 1.54) is 6.42 Å². The first kappa shape index (κ1) is 16.7. The molecule has 2 unspecified atom stereocenters. The molecule has 0 bridgehead atoms. The summed E-state index contributed by atoms with van der Waals surface area (Å²) < 4.78 is 0. The molecule has 0 aliphatic carbocycles. The average Bonchev–Trinajstić information content (AvgIpc) is 2.78. The second kappa shape index (κ2) is 8.76. The fourth-order valence-electron chi connectivity index (χ4n) is 2.18. The number of hydrogen-bond acceptors (Lipinski definition) is 2. The zero-order chi connectivity index (χ0) is 12.0. The maximum atomic E-state index is 11.9. The van der Waals surface area contributed by atoms with Crippen molar-refractivity contribution in [3.8, 4) is 0 Å². The number of amides is 1. The molecular formula is C13H27ClN2O. The van der Waals surface area contributed by atoms with E-state index in [9.17, 15) is 4.79 Å². The SMILES string of the molecule is CCC(C)CN(C)C(=O)CCC1CCNC1.Cl. The first-order chi connectivity index (χ1) is 7.63. The predicted octanol–water partition coefficient (Wildman–Crippen LogP) is 2.30. The number of rotatable bonds is 6. The maximum absolute atomic E-state index is 11.9. The standard InChI is InChI=1S/C13H26N2O.ClH/c1-4-11(2)10-15(3)13(16)6-5-12-7-8-14-9-12;/h11-12,14H,4-10H2,1-3H3;1H. The van der Waals surface area contributed by atoms with E-state index in [-0.39, 0.29) is 12.4 Å². The fourth-order valence-corrected chi connectivity index (χ4v) is 2.18. The van der Waals surface area contributed by atoms with E-state index in [0.717, 1.165) is 44.8 Å². The molecule has 4 heteroatoms. The smallest absolute Gasteiger partial charge is 0.222 e. The van der Waals surface area contributed by atoms with Crippen LogP contribution >= 0.6 is 12.4 Å². The lowest BCUT2D eigenvalue weighted by Gasteiger charge is -2.21. The molecular weight excluding hydrogens is 236 g/mol. The minimum atomic E-state index is 0. The third-order valence-corrected chi connectivity index (χ3v) is 3.64. The van der Waals surface area contributed by atoms with Crippen molar-refractivity contribution >= 4 is 18.3 Å². The molecule has 0 aromatic heterocycles. The molecule has 1 aliphatic rings. The Balaban J connectivity index is 0.00000256. The van der Waals surface area contributed by atoms with Crippen molar-refractivity contribution in [2.45, 2.75) is 39.5 Å². The first-order valence-electron chi connectivity index (χ1n) is 6.58. The summed E-state index contributed by atoms with van der Waals surface area (Å²) in [5.41, 5.74) is 0. The lowest BCUT2D eigenvalue weighted by atomic mass is 10.0. The van der Waals surface area contributed by atoms with Crippen LogP contribution in [0.5, 0.6) is 0 Å². The highest BCUT2D eigenvalue weighted by Crippen LogP contribution is 2.15. The molecule has 17 heavy (non-hydrogen) atoms. The van der Waals surface area contributed by atoms with Gasteiger partial charge in [-0.3, -0.25) is 4.79 Å². The predicted molar refractivity (Wildman–Crippen MR) is 74.6 cm³/mol. The quantitative estimate of drug-likeness (QED) is 0.797. The van der Waals surface area contributed by atoms with Gasteiger partial charge in [0, 0.05) is 20.0 Å². The molecule has 1 rings (SSSR count). The highest BCUT2D eigenvalue weighted by molar-refractivity contribution is 5.85. The van der Waals surface area contributed by atoms with Gasteiger partial charge < -0.3 is 10.2 Å². The number of nitrogens with zero attached hydrogens (tertiary/aromatic N) is 1. The van der Waals surface area contributed by atoms with E-state index in [2.05, 4.69) is 19.2 Å². The van der Waals surface area contributed by atoms with Crippen molar-refractivity contribution in [1.29, 1.82) is 0 Å². The van der Waals surface area contributed by atoms with Crippen LogP contribution in [0.2, 0.25) is 0 Å². The van der Waals surface area contributed by atoms with Crippen LogP contribution in [0.15, 0.2) is 0 Å². The zero-order valence-electron chi connectivity index (χ0n) is 11.4. The Morgan fingerprint density at radius 3 is 2.76 bits per heavy atom. The fraction of sp³-hybridized carbons (Fsp3) is 0.923. The molecule has 1 fully saturated rings. The van der Waals surface area contributed by atoms with Crippen LogP contribution in [0.25, 0.3) is 0 Å². The van der Waals surface area contributed by atoms with E-state index >= 15 is 0 Å². The summed E-state index contributed by atoms with van der Waals surface area (Å²) >= 11 is 0. The van der Waals surface area contributed by atoms with E-state index < -0.39 is 0 Å². The van der Waals surface area contributed by atoms with Gasteiger partial charge in [0.25, 0.3) is 0 Å². The largest absolute Gasteiger partial charge is 0.345 e. The minimum Gasteiger partial charge on any atom is -0.345 e. The molecule has 0 radical (unpaired) electrons. The van der Waals surface area contributed by atoms with E-state index in [1.807, 2.05) is 11.9 Å². The highest BCUT2D eigenvalue weighted by atomic mass is 35.5. The van der Waals surface area contributed by atoms with Crippen molar-refractivity contribution in [1.82, 2.24) is 10.2 Å². The van der Waals surface area contributed by atoms with Gasteiger partial charge in [0.1, 0.15) is 0 Å². The minimum absolute atomic E-state index is 0. The number of carbonyl (C=O) groups is 1. The lowest BCUT2D eigenvalue weighted by Crippen LogP contribution is -2.31. The van der Waals surface area contributed by atoms with Crippen LogP contribution in [-0.2, 0) is 4.79 Å². The summed E-state index contributed by atoms with van der Waals surface area (Å²) in [6, 6.07) is 0. The van der Waals surface area contributed by atoms with Gasteiger partial charge in [-0.2, -0.15) is 0 Å². The Hall–Kier alpha value is -0.280. The van der Waals surface area contributed by atoms with Crippen molar-refractivity contribution < 1.29 is 4.79 Å². The topological polar surface area (TPSA) is 32.3 Å². The van der Waals surface area contributed by atoms with Crippen LogP contribution in [-0.4, -0.2) is 37.5 Å². The Kier molecular flexibility index (Phi) is 8.61. The second-order valence-electron chi connectivity index (χ2n) is 5.19. The maximum Gasteiger partial charge on any atom is 0.222 e. The number of carbonyl (C=O) groups excluding carboxylic acids is 1. The molecule has 1 heterocycles. The third-order valence-electron chi connectivity index (χ3n) is 3.64. The van der Waals surface area contributed by atoms with Gasteiger partial charge in [-0.25, -0.2) is 0 Å². The van der Waals surface area contributed by atoms with Gasteiger partial charge in [-0.15, -0.1) is 12.4 Å². The van der Waals surface area contributed by atoms with Crippen LogP contribution in [0, 0.1) is 11.8 Å². The molecule has 0 aromatic carbocycles. The highest BCUT2D eigenvalue weighted by Gasteiger charge is 2.17. The summed E-state index contributed by atoms with van der Waals surface area (Å²) in [5, 5.41) is 3.34.